The van der Waals surface area contributed by atoms with E-state index in [0.29, 0.717) is 33.1 Å². The topological polar surface area (TPSA) is 143 Å². The van der Waals surface area contributed by atoms with E-state index in [9.17, 15) is 10.0 Å². The van der Waals surface area contributed by atoms with Crippen LogP contribution in [0.4, 0.5) is 5.69 Å². The lowest BCUT2D eigenvalue weighted by Gasteiger charge is -2.18. The van der Waals surface area contributed by atoms with E-state index in [1.807, 2.05) is 26.8 Å². The molecule has 1 heterocycles. The molecule has 0 atom stereocenters. The minimum Gasteiger partial charge on any atom is -0.427 e. The molecule has 8 nitrogen and oxygen atoms in total. The van der Waals surface area contributed by atoms with E-state index in [1.165, 1.54) is 0 Å². The molecule has 0 aliphatic rings. The van der Waals surface area contributed by atoms with Crippen molar-refractivity contribution in [3.05, 3.63) is 81.9 Å². The second-order valence-electron chi connectivity index (χ2n) is 8.96. The molecule has 3 aromatic rings. The van der Waals surface area contributed by atoms with Crippen LogP contribution in [0.3, 0.4) is 0 Å². The van der Waals surface area contributed by atoms with Gasteiger partial charge in [-0.3, -0.25) is 15.2 Å². The van der Waals surface area contributed by atoms with Gasteiger partial charge < -0.3 is 22.0 Å². The standard InChI is InChI=1S/C25H29ClN6O2/c1-25(2,3)31-21-12-19(26)23(17-5-4-6-18(27)11-17)20(32(21)34)13-22(33)30-14-15-7-9-16(10-8-15)24(28)29/h4-12,34H,13-14,27H2,1-3H3,(H3,28,29)(H,30,33). The predicted molar refractivity (Wildman–Crippen MR) is 135 cm³/mol. The van der Waals surface area contributed by atoms with Crippen molar-refractivity contribution in [1.82, 2.24) is 10.0 Å². The largest absolute Gasteiger partial charge is 0.427 e. The van der Waals surface area contributed by atoms with Gasteiger partial charge >= 0.3 is 0 Å². The number of rotatable bonds is 6. The Morgan fingerprint density at radius 2 is 1.85 bits per heavy atom. The van der Waals surface area contributed by atoms with Crippen LogP contribution in [0.2, 0.25) is 5.02 Å². The highest BCUT2D eigenvalue weighted by Gasteiger charge is 2.20. The highest BCUT2D eigenvalue weighted by atomic mass is 35.5. The summed E-state index contributed by atoms with van der Waals surface area (Å²) < 4.78 is 0.914. The minimum absolute atomic E-state index is 0.0189. The molecule has 7 N–H and O–H groups in total. The quantitative estimate of drug-likeness (QED) is 0.159. The van der Waals surface area contributed by atoms with Gasteiger partial charge in [-0.1, -0.05) is 48.0 Å². The van der Waals surface area contributed by atoms with E-state index < -0.39 is 5.54 Å². The number of nitrogens with two attached hydrogens (primary N) is 2. The molecule has 0 unspecified atom stereocenters. The van der Waals surface area contributed by atoms with E-state index in [2.05, 4.69) is 10.3 Å². The highest BCUT2D eigenvalue weighted by molar-refractivity contribution is 6.33. The summed E-state index contributed by atoms with van der Waals surface area (Å²) in [5.74, 6) is -0.331. The first kappa shape index (κ1) is 24.9. The van der Waals surface area contributed by atoms with Gasteiger partial charge in [0.1, 0.15) is 5.84 Å². The molecule has 2 aromatic carbocycles. The molecule has 0 saturated heterocycles. The zero-order valence-electron chi connectivity index (χ0n) is 19.4. The SMILES string of the molecule is CC(C)(C)N=c1cc(Cl)c(-c2cccc(N)c2)c(CC(=O)NCc2ccc(C(=N)N)cc2)n1O. The number of aromatic nitrogens is 1. The summed E-state index contributed by atoms with van der Waals surface area (Å²) in [4.78, 5) is 17.4. The Kier molecular flexibility index (Phi) is 7.32. The number of amides is 1. The lowest BCUT2D eigenvalue weighted by molar-refractivity contribution is -0.120. The molecule has 3 rings (SSSR count). The fourth-order valence-electron chi connectivity index (χ4n) is 3.43. The second kappa shape index (κ2) is 10.0. The monoisotopic (exact) mass is 480 g/mol. The van der Waals surface area contributed by atoms with E-state index in [-0.39, 0.29) is 30.2 Å². The van der Waals surface area contributed by atoms with Crippen LogP contribution in [0.5, 0.6) is 0 Å². The molecule has 178 valence electrons. The number of benzene rings is 2. The van der Waals surface area contributed by atoms with Gasteiger partial charge in [0.2, 0.25) is 5.91 Å². The fourth-order valence-corrected chi connectivity index (χ4v) is 3.75. The first-order chi connectivity index (χ1) is 15.9. The molecule has 0 fully saturated rings. The van der Waals surface area contributed by atoms with Crippen molar-refractivity contribution >= 4 is 29.0 Å². The van der Waals surface area contributed by atoms with Crippen LogP contribution in [-0.2, 0) is 17.8 Å². The molecule has 34 heavy (non-hydrogen) atoms. The Morgan fingerprint density at radius 3 is 2.44 bits per heavy atom. The molecule has 0 radical (unpaired) electrons. The third-order valence-corrected chi connectivity index (χ3v) is 5.26. The lowest BCUT2D eigenvalue weighted by Crippen LogP contribution is -2.31. The summed E-state index contributed by atoms with van der Waals surface area (Å²) >= 11 is 6.63. The molecular formula is C25H29ClN6O2. The predicted octanol–water partition coefficient (Wildman–Crippen LogP) is 3.47. The van der Waals surface area contributed by atoms with Crippen LogP contribution in [-0.4, -0.2) is 27.2 Å². The Balaban J connectivity index is 1.96. The molecule has 1 aromatic heterocycles. The van der Waals surface area contributed by atoms with Crippen LogP contribution in [0.25, 0.3) is 11.1 Å². The number of carbonyl (C=O) groups excluding carboxylic acids is 1. The van der Waals surface area contributed by atoms with Crippen molar-refractivity contribution in [1.29, 1.82) is 5.41 Å². The first-order valence-electron chi connectivity index (χ1n) is 10.7. The zero-order valence-corrected chi connectivity index (χ0v) is 20.1. The molecule has 0 spiro atoms. The molecule has 0 aliphatic carbocycles. The van der Waals surface area contributed by atoms with E-state index >= 15 is 0 Å². The normalized spacial score (nSPS) is 11.9. The number of anilines is 1. The third-order valence-electron chi connectivity index (χ3n) is 4.96. The van der Waals surface area contributed by atoms with Crippen molar-refractivity contribution in [2.24, 2.45) is 10.7 Å². The Hall–Kier alpha value is -3.78. The number of nitrogens with one attached hydrogen (secondary N) is 2. The van der Waals surface area contributed by atoms with Crippen molar-refractivity contribution in [2.75, 3.05) is 5.73 Å². The number of hydrogen-bond donors (Lipinski definition) is 5. The van der Waals surface area contributed by atoms with Gasteiger partial charge in [-0.15, -0.1) is 0 Å². The van der Waals surface area contributed by atoms with Gasteiger partial charge in [-0.25, -0.2) is 0 Å². The smallest absolute Gasteiger partial charge is 0.226 e. The summed E-state index contributed by atoms with van der Waals surface area (Å²) in [6.07, 6.45) is -0.139. The van der Waals surface area contributed by atoms with Gasteiger partial charge in [0.15, 0.2) is 5.49 Å². The van der Waals surface area contributed by atoms with Crippen molar-refractivity contribution in [3.63, 3.8) is 0 Å². The number of nitrogen functional groups attached to an aromatic ring is 2. The van der Waals surface area contributed by atoms with Crippen LogP contribution in [0.1, 0.15) is 37.6 Å². The summed E-state index contributed by atoms with van der Waals surface area (Å²) in [6.45, 7) is 5.97. The van der Waals surface area contributed by atoms with E-state index in [1.54, 1.807) is 48.5 Å². The first-order valence-corrected chi connectivity index (χ1v) is 11.1. The minimum atomic E-state index is -0.474. The van der Waals surface area contributed by atoms with Crippen LogP contribution in [0, 0.1) is 5.41 Å². The zero-order chi connectivity index (χ0) is 25.0. The molecular weight excluding hydrogens is 452 g/mol. The van der Waals surface area contributed by atoms with Gasteiger partial charge in [-0.2, -0.15) is 4.73 Å². The van der Waals surface area contributed by atoms with Gasteiger partial charge in [0.05, 0.1) is 22.7 Å². The number of nitrogens with zero attached hydrogens (tertiary/aromatic N) is 2. The molecule has 1 amide bonds. The van der Waals surface area contributed by atoms with Gasteiger partial charge in [0, 0.05) is 29.4 Å². The summed E-state index contributed by atoms with van der Waals surface area (Å²) in [6, 6.07) is 15.7. The maximum absolute atomic E-state index is 12.9. The Labute approximate surface area is 203 Å². The van der Waals surface area contributed by atoms with Gasteiger partial charge in [0.25, 0.3) is 0 Å². The average Bonchev–Trinajstić information content (AvgIpc) is 2.75. The molecule has 0 saturated carbocycles. The highest BCUT2D eigenvalue weighted by Crippen LogP contribution is 2.31. The van der Waals surface area contributed by atoms with E-state index in [4.69, 9.17) is 28.5 Å². The molecule has 0 bridgehead atoms. The average molecular weight is 481 g/mol. The Morgan fingerprint density at radius 1 is 1.18 bits per heavy atom. The number of hydrogen-bond acceptors (Lipinski definition) is 5. The maximum atomic E-state index is 12.9. The maximum Gasteiger partial charge on any atom is 0.226 e. The molecule has 0 aliphatic heterocycles. The number of carbonyl (C=O) groups is 1. The summed E-state index contributed by atoms with van der Waals surface area (Å²) in [7, 11) is 0. The van der Waals surface area contributed by atoms with Crippen LogP contribution < -0.4 is 22.3 Å². The van der Waals surface area contributed by atoms with Crippen LogP contribution in [0.15, 0.2) is 59.6 Å². The number of amidine groups is 1. The number of halogens is 1. The van der Waals surface area contributed by atoms with Gasteiger partial charge in [-0.05, 0) is 44.0 Å². The van der Waals surface area contributed by atoms with E-state index in [0.717, 1.165) is 10.3 Å². The number of pyridine rings is 1. The summed E-state index contributed by atoms with van der Waals surface area (Å²) in [5.41, 5.74) is 14.7. The van der Waals surface area contributed by atoms with Crippen molar-refractivity contribution in [2.45, 2.75) is 39.3 Å². The second-order valence-corrected chi connectivity index (χ2v) is 9.36. The molecule has 9 heteroatoms. The van der Waals surface area contributed by atoms with Crippen LogP contribution >= 0.6 is 11.6 Å². The van der Waals surface area contributed by atoms with Crippen molar-refractivity contribution < 1.29 is 10.0 Å². The Bertz CT molecular complexity index is 1290. The van der Waals surface area contributed by atoms with Crippen molar-refractivity contribution in [3.8, 4) is 11.1 Å². The summed E-state index contributed by atoms with van der Waals surface area (Å²) in [5, 5.41) is 21.7. The lowest BCUT2D eigenvalue weighted by atomic mass is 10.0. The fraction of sp³-hybridized carbons (Fsp3) is 0.240. The third kappa shape index (κ3) is 6.17.